The normalized spacial score (nSPS) is 16.8. The van der Waals surface area contributed by atoms with Gasteiger partial charge in [-0.1, -0.05) is 29.8 Å². The van der Waals surface area contributed by atoms with E-state index in [9.17, 15) is 4.79 Å². The summed E-state index contributed by atoms with van der Waals surface area (Å²) in [4.78, 5) is 19.5. The molecule has 2 amide bonds. The van der Waals surface area contributed by atoms with Crippen molar-refractivity contribution < 1.29 is 4.79 Å². The van der Waals surface area contributed by atoms with Gasteiger partial charge in [-0.2, -0.15) is 10.5 Å². The van der Waals surface area contributed by atoms with Gasteiger partial charge in [0, 0.05) is 50.6 Å². The first-order valence-electron chi connectivity index (χ1n) is 13.3. The largest absolute Gasteiger partial charge is 0.369 e. The van der Waals surface area contributed by atoms with Crippen LogP contribution in [-0.2, 0) is 6.54 Å². The van der Waals surface area contributed by atoms with Gasteiger partial charge in [0.2, 0.25) is 0 Å². The van der Waals surface area contributed by atoms with Gasteiger partial charge in [0.25, 0.3) is 0 Å². The molecular weight excluding hydrogens is 460 g/mol. The predicted molar refractivity (Wildman–Crippen MR) is 147 cm³/mol. The van der Waals surface area contributed by atoms with Crippen LogP contribution in [-0.4, -0.2) is 55.1 Å². The Balaban J connectivity index is 1.27. The number of aryl methyl sites for hydroxylation is 2. The van der Waals surface area contributed by atoms with E-state index in [4.69, 9.17) is 10.5 Å². The van der Waals surface area contributed by atoms with Gasteiger partial charge in [-0.05, 0) is 74.4 Å². The van der Waals surface area contributed by atoms with Gasteiger partial charge in [0.15, 0.2) is 0 Å². The van der Waals surface area contributed by atoms with Crippen molar-refractivity contribution in [2.75, 3.05) is 49.5 Å². The van der Waals surface area contributed by atoms with E-state index in [1.807, 2.05) is 24.0 Å². The number of benzene rings is 2. The fourth-order valence-electron chi connectivity index (χ4n) is 5.71. The molecule has 194 valence electrons. The zero-order chi connectivity index (χ0) is 26.3. The van der Waals surface area contributed by atoms with Crippen LogP contribution in [0.3, 0.4) is 0 Å². The Morgan fingerprint density at radius 1 is 0.973 bits per heavy atom. The number of nitriles is 2. The first-order chi connectivity index (χ1) is 17.9. The lowest BCUT2D eigenvalue weighted by molar-refractivity contribution is 0.124. The first-order valence-corrected chi connectivity index (χ1v) is 13.3. The highest BCUT2D eigenvalue weighted by molar-refractivity contribution is 5.90. The van der Waals surface area contributed by atoms with Gasteiger partial charge in [0.1, 0.15) is 0 Å². The molecule has 0 radical (unpaired) electrons. The Morgan fingerprint density at radius 3 is 2.24 bits per heavy atom. The second-order valence-corrected chi connectivity index (χ2v) is 10.7. The van der Waals surface area contributed by atoms with Gasteiger partial charge in [-0.3, -0.25) is 4.90 Å². The van der Waals surface area contributed by atoms with Gasteiger partial charge in [-0.25, -0.2) is 4.79 Å². The fraction of sp³-hybridized carbons (Fsp3) is 0.500. The lowest BCUT2D eigenvalue weighted by atomic mass is 9.78. The second-order valence-electron chi connectivity index (χ2n) is 10.7. The molecule has 0 bridgehead atoms. The van der Waals surface area contributed by atoms with E-state index in [1.165, 1.54) is 17.5 Å². The smallest absolute Gasteiger partial charge is 0.321 e. The summed E-state index contributed by atoms with van der Waals surface area (Å²) in [6.07, 6.45) is 4.19. The van der Waals surface area contributed by atoms with E-state index in [-0.39, 0.29) is 6.03 Å². The second kappa shape index (κ2) is 12.1. The Hall–Kier alpha value is -3.55. The number of hydrogen-bond acceptors (Lipinski definition) is 5. The zero-order valence-electron chi connectivity index (χ0n) is 22.2. The number of urea groups is 1. The van der Waals surface area contributed by atoms with Crippen molar-refractivity contribution in [2.45, 2.75) is 52.5 Å². The number of amides is 2. The van der Waals surface area contributed by atoms with Crippen LogP contribution in [0.1, 0.15) is 48.8 Å². The van der Waals surface area contributed by atoms with Crippen molar-refractivity contribution in [3.8, 4) is 12.1 Å². The molecule has 0 aliphatic carbocycles. The minimum atomic E-state index is 0.00956. The molecule has 2 heterocycles. The third-order valence-corrected chi connectivity index (χ3v) is 7.95. The van der Waals surface area contributed by atoms with Crippen LogP contribution in [0, 0.1) is 41.9 Å². The number of anilines is 2. The molecule has 0 atom stereocenters. The lowest BCUT2D eigenvalue weighted by Gasteiger charge is -2.39. The molecule has 2 aliphatic rings. The van der Waals surface area contributed by atoms with Crippen LogP contribution in [0.4, 0.5) is 16.2 Å². The van der Waals surface area contributed by atoms with Gasteiger partial charge in [-0.15, -0.1) is 0 Å². The Bertz CT molecular complexity index is 1140. The van der Waals surface area contributed by atoms with Crippen LogP contribution in [0.15, 0.2) is 42.5 Å². The van der Waals surface area contributed by atoms with Crippen molar-refractivity contribution in [3.63, 3.8) is 0 Å². The predicted octanol–water partition coefficient (Wildman–Crippen LogP) is 5.46. The molecule has 7 heteroatoms. The summed E-state index contributed by atoms with van der Waals surface area (Å²) in [5, 5.41) is 21.0. The summed E-state index contributed by atoms with van der Waals surface area (Å²) in [5.41, 5.74) is 5.85. The number of rotatable bonds is 8. The van der Waals surface area contributed by atoms with Crippen molar-refractivity contribution in [2.24, 2.45) is 5.41 Å². The summed E-state index contributed by atoms with van der Waals surface area (Å²) in [7, 11) is 0. The molecule has 0 aromatic heterocycles. The van der Waals surface area contributed by atoms with E-state index in [0.717, 1.165) is 62.5 Å². The molecule has 1 N–H and O–H groups in total. The number of piperidine rings is 1. The minimum absolute atomic E-state index is 0.00956. The SMILES string of the molecule is Cc1ccc(NC(=O)N2CCC3(CCN(Cc4ccc(N(CCC#N)CCC#N)cc4)C3)CC2)c(C)c1. The van der Waals surface area contributed by atoms with Gasteiger partial charge in [0.05, 0.1) is 25.0 Å². The number of carbonyl (C=O) groups excluding carboxylic acids is 1. The molecular formula is C30H38N6O. The molecule has 7 nitrogen and oxygen atoms in total. The first kappa shape index (κ1) is 26.5. The molecule has 0 saturated carbocycles. The van der Waals surface area contributed by atoms with Crippen LogP contribution in [0.2, 0.25) is 0 Å². The molecule has 2 aromatic rings. The van der Waals surface area contributed by atoms with E-state index in [1.54, 1.807) is 0 Å². The highest BCUT2D eigenvalue weighted by Gasteiger charge is 2.41. The van der Waals surface area contributed by atoms with Crippen molar-refractivity contribution in [1.82, 2.24) is 9.80 Å². The Kier molecular flexibility index (Phi) is 8.69. The number of carbonyl (C=O) groups is 1. The summed E-state index contributed by atoms with van der Waals surface area (Å²) in [5.74, 6) is 0. The molecule has 2 fully saturated rings. The van der Waals surface area contributed by atoms with Crippen LogP contribution >= 0.6 is 0 Å². The molecule has 2 aliphatic heterocycles. The monoisotopic (exact) mass is 498 g/mol. The average molecular weight is 499 g/mol. The zero-order valence-corrected chi connectivity index (χ0v) is 22.2. The summed E-state index contributed by atoms with van der Waals surface area (Å²) in [6.45, 7) is 10.1. The third kappa shape index (κ3) is 6.81. The van der Waals surface area contributed by atoms with E-state index >= 15 is 0 Å². The Labute approximate surface area is 221 Å². The van der Waals surface area contributed by atoms with Gasteiger partial charge < -0.3 is 15.1 Å². The highest BCUT2D eigenvalue weighted by Crippen LogP contribution is 2.41. The van der Waals surface area contributed by atoms with Gasteiger partial charge >= 0.3 is 6.03 Å². The minimum Gasteiger partial charge on any atom is -0.369 e. The number of hydrogen-bond donors (Lipinski definition) is 1. The number of nitrogens with zero attached hydrogens (tertiary/aromatic N) is 5. The maximum atomic E-state index is 12.9. The summed E-state index contributed by atoms with van der Waals surface area (Å²) < 4.78 is 0. The lowest BCUT2D eigenvalue weighted by Crippen LogP contribution is -2.45. The van der Waals surface area contributed by atoms with Crippen molar-refractivity contribution in [3.05, 3.63) is 59.2 Å². The van der Waals surface area contributed by atoms with Crippen LogP contribution in [0.5, 0.6) is 0 Å². The third-order valence-electron chi connectivity index (χ3n) is 7.95. The number of likely N-dealkylation sites (tertiary alicyclic amines) is 2. The molecule has 2 saturated heterocycles. The maximum absolute atomic E-state index is 12.9. The molecule has 0 unspecified atom stereocenters. The van der Waals surface area contributed by atoms with Crippen molar-refractivity contribution in [1.29, 1.82) is 10.5 Å². The standard InChI is InChI=1S/C30H38N6O/c1-24-5-10-28(25(2)21-24)33-29(37)36-19-12-30(13-20-36)11-18-34(23-30)22-26-6-8-27(9-7-26)35(16-3-14-31)17-4-15-32/h5-10,21H,3-4,11-13,16-20,22-23H2,1-2H3,(H,33,37). The highest BCUT2D eigenvalue weighted by atomic mass is 16.2. The van der Waals surface area contributed by atoms with Crippen LogP contribution in [0.25, 0.3) is 0 Å². The molecule has 2 aromatic carbocycles. The molecule has 4 rings (SSSR count). The van der Waals surface area contributed by atoms with E-state index < -0.39 is 0 Å². The van der Waals surface area contributed by atoms with E-state index in [0.29, 0.717) is 31.3 Å². The van der Waals surface area contributed by atoms with E-state index in [2.05, 4.69) is 64.5 Å². The number of nitrogens with one attached hydrogen (secondary N) is 1. The van der Waals surface area contributed by atoms with Crippen LogP contribution < -0.4 is 10.2 Å². The summed E-state index contributed by atoms with van der Waals surface area (Å²) in [6, 6.07) is 19.1. The quantitative estimate of drug-likeness (QED) is 0.522. The fourth-order valence-corrected chi connectivity index (χ4v) is 5.71. The topological polar surface area (TPSA) is 86.4 Å². The molecule has 37 heavy (non-hydrogen) atoms. The molecule has 1 spiro atoms. The maximum Gasteiger partial charge on any atom is 0.321 e. The summed E-state index contributed by atoms with van der Waals surface area (Å²) >= 11 is 0. The Morgan fingerprint density at radius 2 is 1.62 bits per heavy atom. The average Bonchev–Trinajstić information content (AvgIpc) is 3.28. The van der Waals surface area contributed by atoms with Crippen molar-refractivity contribution >= 4 is 17.4 Å².